The lowest BCUT2D eigenvalue weighted by molar-refractivity contribution is 0.323. The fourth-order valence-electron chi connectivity index (χ4n) is 1.65. The first kappa shape index (κ1) is 8.48. The minimum Gasteiger partial charge on any atom is -0.477 e. The lowest BCUT2D eigenvalue weighted by Gasteiger charge is -2.13. The van der Waals surface area contributed by atoms with E-state index in [2.05, 4.69) is 9.97 Å². The average Bonchev–Trinajstić information content (AvgIpc) is 2.18. The van der Waals surface area contributed by atoms with Crippen molar-refractivity contribution >= 4 is 0 Å². The minimum atomic E-state index is 0.660. The maximum atomic E-state index is 5.30. The summed E-state index contributed by atoms with van der Waals surface area (Å²) in [5.41, 5.74) is 2.30. The van der Waals surface area contributed by atoms with Crippen molar-refractivity contribution in [3.8, 4) is 5.88 Å². The van der Waals surface area contributed by atoms with E-state index in [1.165, 1.54) is 12.8 Å². The standard InChI is InChI=1S/C10H14N2O/c1-2-13-10-7-11-8-5-3-4-6-9(8)12-10/h7H,2-6H2,1H3. The van der Waals surface area contributed by atoms with Gasteiger partial charge in [0.15, 0.2) is 0 Å². The number of fused-ring (bicyclic) bond motifs is 1. The van der Waals surface area contributed by atoms with E-state index in [4.69, 9.17) is 4.74 Å². The second-order valence-corrected chi connectivity index (χ2v) is 3.24. The van der Waals surface area contributed by atoms with Crippen molar-refractivity contribution < 1.29 is 4.74 Å². The molecule has 3 nitrogen and oxygen atoms in total. The monoisotopic (exact) mass is 178 g/mol. The third-order valence-electron chi connectivity index (χ3n) is 2.28. The predicted octanol–water partition coefficient (Wildman–Crippen LogP) is 1.75. The highest BCUT2D eigenvalue weighted by Crippen LogP contribution is 2.19. The average molecular weight is 178 g/mol. The quantitative estimate of drug-likeness (QED) is 0.692. The van der Waals surface area contributed by atoms with E-state index >= 15 is 0 Å². The van der Waals surface area contributed by atoms with Crippen LogP contribution in [0.15, 0.2) is 6.20 Å². The van der Waals surface area contributed by atoms with Crippen LogP contribution < -0.4 is 4.74 Å². The largest absolute Gasteiger partial charge is 0.477 e. The number of aryl methyl sites for hydroxylation is 2. The zero-order chi connectivity index (χ0) is 9.10. The van der Waals surface area contributed by atoms with E-state index in [0.29, 0.717) is 12.5 Å². The Kier molecular flexibility index (Phi) is 2.43. The van der Waals surface area contributed by atoms with Gasteiger partial charge in [0.25, 0.3) is 0 Å². The minimum absolute atomic E-state index is 0.660. The van der Waals surface area contributed by atoms with Crippen LogP contribution in [0, 0.1) is 0 Å². The first-order chi connectivity index (χ1) is 6.40. The zero-order valence-electron chi connectivity index (χ0n) is 7.92. The third kappa shape index (κ3) is 1.79. The molecule has 2 rings (SSSR count). The Balaban J connectivity index is 2.24. The molecule has 3 heteroatoms. The Bertz CT molecular complexity index is 299. The number of hydrogen-bond donors (Lipinski definition) is 0. The van der Waals surface area contributed by atoms with Crippen LogP contribution >= 0.6 is 0 Å². The van der Waals surface area contributed by atoms with Crippen molar-refractivity contribution in [3.63, 3.8) is 0 Å². The molecule has 0 aromatic carbocycles. The van der Waals surface area contributed by atoms with E-state index in [0.717, 1.165) is 24.2 Å². The molecule has 0 N–H and O–H groups in total. The summed E-state index contributed by atoms with van der Waals surface area (Å²) >= 11 is 0. The second kappa shape index (κ2) is 3.73. The molecule has 1 aromatic heterocycles. The van der Waals surface area contributed by atoms with Crippen molar-refractivity contribution in [2.24, 2.45) is 0 Å². The van der Waals surface area contributed by atoms with E-state index in [1.807, 2.05) is 6.92 Å². The van der Waals surface area contributed by atoms with Gasteiger partial charge in [-0.1, -0.05) is 0 Å². The zero-order valence-corrected chi connectivity index (χ0v) is 7.92. The van der Waals surface area contributed by atoms with Crippen LogP contribution in [0.1, 0.15) is 31.2 Å². The van der Waals surface area contributed by atoms with Gasteiger partial charge in [-0.2, -0.15) is 0 Å². The highest BCUT2D eigenvalue weighted by molar-refractivity contribution is 5.19. The van der Waals surface area contributed by atoms with Crippen molar-refractivity contribution in [2.75, 3.05) is 6.61 Å². The van der Waals surface area contributed by atoms with E-state index in [9.17, 15) is 0 Å². The first-order valence-corrected chi connectivity index (χ1v) is 4.87. The maximum Gasteiger partial charge on any atom is 0.232 e. The van der Waals surface area contributed by atoms with Crippen LogP contribution in [0.25, 0.3) is 0 Å². The van der Waals surface area contributed by atoms with Gasteiger partial charge in [0.2, 0.25) is 5.88 Å². The van der Waals surface area contributed by atoms with Gasteiger partial charge in [-0.3, -0.25) is 4.98 Å². The molecule has 0 atom stereocenters. The third-order valence-corrected chi connectivity index (χ3v) is 2.28. The molecule has 0 aliphatic heterocycles. The molecule has 0 bridgehead atoms. The summed E-state index contributed by atoms with van der Waals surface area (Å²) < 4.78 is 5.30. The molecule has 1 aliphatic carbocycles. The van der Waals surface area contributed by atoms with Crippen LogP contribution in [0.4, 0.5) is 0 Å². The Hall–Kier alpha value is -1.12. The summed E-state index contributed by atoms with van der Waals surface area (Å²) in [6, 6.07) is 0. The van der Waals surface area contributed by atoms with Gasteiger partial charge in [0.1, 0.15) is 0 Å². The Morgan fingerprint density at radius 2 is 2.08 bits per heavy atom. The lowest BCUT2D eigenvalue weighted by Crippen LogP contribution is -2.09. The van der Waals surface area contributed by atoms with Crippen LogP contribution in [-0.4, -0.2) is 16.6 Å². The number of nitrogens with zero attached hydrogens (tertiary/aromatic N) is 2. The summed E-state index contributed by atoms with van der Waals surface area (Å²) in [5.74, 6) is 0.670. The normalized spacial score (nSPS) is 15.2. The fourth-order valence-corrected chi connectivity index (χ4v) is 1.65. The predicted molar refractivity (Wildman–Crippen MR) is 49.8 cm³/mol. The molecule has 1 heterocycles. The fraction of sp³-hybridized carbons (Fsp3) is 0.600. The summed E-state index contributed by atoms with van der Waals surface area (Å²) in [6.07, 6.45) is 6.35. The molecule has 70 valence electrons. The van der Waals surface area contributed by atoms with Crippen molar-refractivity contribution in [3.05, 3.63) is 17.6 Å². The summed E-state index contributed by atoms with van der Waals surface area (Å²) in [5, 5.41) is 0. The number of aromatic nitrogens is 2. The highest BCUT2D eigenvalue weighted by atomic mass is 16.5. The molecule has 13 heavy (non-hydrogen) atoms. The van der Waals surface area contributed by atoms with Crippen LogP contribution in [0.5, 0.6) is 5.88 Å². The van der Waals surface area contributed by atoms with E-state index in [-0.39, 0.29) is 0 Å². The molecule has 0 amide bonds. The topological polar surface area (TPSA) is 35.0 Å². The molecule has 1 aliphatic rings. The molecule has 0 saturated carbocycles. The van der Waals surface area contributed by atoms with Crippen molar-refractivity contribution in [1.29, 1.82) is 0 Å². The van der Waals surface area contributed by atoms with Gasteiger partial charge in [-0.05, 0) is 32.6 Å². The Labute approximate surface area is 78.2 Å². The van der Waals surface area contributed by atoms with Gasteiger partial charge < -0.3 is 4.74 Å². The first-order valence-electron chi connectivity index (χ1n) is 4.87. The van der Waals surface area contributed by atoms with Crippen LogP contribution in [0.3, 0.4) is 0 Å². The smallest absolute Gasteiger partial charge is 0.232 e. The maximum absolute atomic E-state index is 5.30. The molecule has 0 radical (unpaired) electrons. The van der Waals surface area contributed by atoms with Gasteiger partial charge >= 0.3 is 0 Å². The highest BCUT2D eigenvalue weighted by Gasteiger charge is 2.12. The number of rotatable bonds is 2. The van der Waals surface area contributed by atoms with Gasteiger partial charge in [0.05, 0.1) is 24.2 Å². The van der Waals surface area contributed by atoms with E-state index < -0.39 is 0 Å². The van der Waals surface area contributed by atoms with Gasteiger partial charge in [-0.25, -0.2) is 4.98 Å². The van der Waals surface area contributed by atoms with Crippen LogP contribution in [0.2, 0.25) is 0 Å². The summed E-state index contributed by atoms with van der Waals surface area (Å²) in [4.78, 5) is 8.77. The number of hydrogen-bond acceptors (Lipinski definition) is 3. The van der Waals surface area contributed by atoms with Gasteiger partial charge in [0, 0.05) is 0 Å². The summed E-state index contributed by atoms with van der Waals surface area (Å²) in [7, 11) is 0. The van der Waals surface area contributed by atoms with Gasteiger partial charge in [-0.15, -0.1) is 0 Å². The second-order valence-electron chi connectivity index (χ2n) is 3.24. The Morgan fingerprint density at radius 3 is 2.85 bits per heavy atom. The SMILES string of the molecule is CCOc1cnc2c(n1)CCCC2. The number of ether oxygens (including phenoxy) is 1. The van der Waals surface area contributed by atoms with Crippen LogP contribution in [-0.2, 0) is 12.8 Å². The van der Waals surface area contributed by atoms with Crippen molar-refractivity contribution in [2.45, 2.75) is 32.6 Å². The van der Waals surface area contributed by atoms with E-state index in [1.54, 1.807) is 6.20 Å². The molecule has 0 spiro atoms. The molecule has 0 saturated heterocycles. The summed E-state index contributed by atoms with van der Waals surface area (Å²) in [6.45, 7) is 2.62. The molecular weight excluding hydrogens is 164 g/mol. The molecular formula is C10H14N2O. The molecule has 1 aromatic rings. The lowest BCUT2D eigenvalue weighted by atomic mass is 10.0. The molecule has 0 fully saturated rings. The molecule has 0 unspecified atom stereocenters. The van der Waals surface area contributed by atoms with Crippen molar-refractivity contribution in [1.82, 2.24) is 9.97 Å². The Morgan fingerprint density at radius 1 is 1.31 bits per heavy atom.